The molecule has 0 spiro atoms. The van der Waals surface area contributed by atoms with Gasteiger partial charge in [-0.2, -0.15) is 5.10 Å². The van der Waals surface area contributed by atoms with Crippen molar-refractivity contribution in [3.63, 3.8) is 0 Å². The van der Waals surface area contributed by atoms with E-state index >= 15 is 0 Å². The zero-order valence-corrected chi connectivity index (χ0v) is 14.9. The first-order chi connectivity index (χ1) is 13.1. The van der Waals surface area contributed by atoms with Crippen LogP contribution < -0.4 is 10.2 Å². The smallest absolute Gasteiger partial charge is 0.328 e. The highest BCUT2D eigenvalue weighted by atomic mass is 16.2. The number of carbonyl (C=O) groups is 3. The predicted octanol–water partition coefficient (Wildman–Crippen LogP) is 1.88. The lowest BCUT2D eigenvalue weighted by Gasteiger charge is -2.34. The number of aromatic nitrogens is 2. The van der Waals surface area contributed by atoms with E-state index in [1.165, 1.54) is 4.90 Å². The van der Waals surface area contributed by atoms with E-state index < -0.39 is 6.03 Å². The molecule has 3 heterocycles. The molecule has 2 aliphatic rings. The summed E-state index contributed by atoms with van der Waals surface area (Å²) in [5, 5.41) is 9.32. The number of nitrogens with zero attached hydrogens (tertiary/aromatic N) is 3. The fourth-order valence-corrected chi connectivity index (χ4v) is 3.76. The van der Waals surface area contributed by atoms with Crippen molar-refractivity contribution in [2.45, 2.75) is 25.2 Å². The van der Waals surface area contributed by atoms with Gasteiger partial charge in [0.15, 0.2) is 0 Å². The molecule has 2 N–H and O–H groups in total. The molecule has 1 aromatic heterocycles. The Morgan fingerprint density at radius 2 is 2.00 bits per heavy atom. The molecule has 4 rings (SSSR count). The van der Waals surface area contributed by atoms with Gasteiger partial charge < -0.3 is 4.90 Å². The molecule has 2 aromatic rings. The molecule has 2 fully saturated rings. The number of H-pyrrole nitrogens is 1. The molecule has 4 amide bonds. The third kappa shape index (κ3) is 3.42. The van der Waals surface area contributed by atoms with Crippen LogP contribution in [-0.2, 0) is 4.79 Å². The van der Waals surface area contributed by atoms with E-state index in [-0.39, 0.29) is 30.7 Å². The number of rotatable bonds is 3. The number of benzene rings is 1. The summed E-state index contributed by atoms with van der Waals surface area (Å²) >= 11 is 0. The van der Waals surface area contributed by atoms with Gasteiger partial charge in [0.25, 0.3) is 5.91 Å². The van der Waals surface area contributed by atoms with Crippen LogP contribution in [0.25, 0.3) is 0 Å². The molecular formula is C19H21N5O3. The predicted molar refractivity (Wildman–Crippen MR) is 98.4 cm³/mol. The zero-order chi connectivity index (χ0) is 18.8. The molecule has 8 nitrogen and oxygen atoms in total. The van der Waals surface area contributed by atoms with E-state index in [1.54, 1.807) is 30.5 Å². The number of nitrogens with one attached hydrogen (secondary N) is 2. The first kappa shape index (κ1) is 17.3. The van der Waals surface area contributed by atoms with Gasteiger partial charge in [-0.05, 0) is 31.0 Å². The highest BCUT2D eigenvalue weighted by Gasteiger charge is 2.31. The van der Waals surface area contributed by atoms with E-state index in [2.05, 4.69) is 15.5 Å². The topological polar surface area (TPSA) is 98.4 Å². The van der Waals surface area contributed by atoms with Crippen molar-refractivity contribution >= 4 is 23.5 Å². The van der Waals surface area contributed by atoms with Gasteiger partial charge in [-0.25, -0.2) is 4.79 Å². The van der Waals surface area contributed by atoms with E-state index in [0.29, 0.717) is 24.3 Å². The molecular weight excluding hydrogens is 346 g/mol. The second-order valence-corrected chi connectivity index (χ2v) is 6.87. The lowest BCUT2D eigenvalue weighted by molar-refractivity contribution is -0.120. The number of anilines is 1. The van der Waals surface area contributed by atoms with Gasteiger partial charge in [0.2, 0.25) is 5.91 Å². The average molecular weight is 367 g/mol. The molecule has 140 valence electrons. The van der Waals surface area contributed by atoms with Crippen molar-refractivity contribution in [2.24, 2.45) is 0 Å². The molecule has 0 radical (unpaired) electrons. The average Bonchev–Trinajstić information content (AvgIpc) is 3.23. The molecule has 0 bridgehead atoms. The van der Waals surface area contributed by atoms with Crippen molar-refractivity contribution in [2.75, 3.05) is 24.5 Å². The third-order valence-corrected chi connectivity index (χ3v) is 5.15. The van der Waals surface area contributed by atoms with Crippen molar-refractivity contribution < 1.29 is 14.4 Å². The number of carbonyl (C=O) groups excluding carboxylic acids is 3. The summed E-state index contributed by atoms with van der Waals surface area (Å²) in [5.74, 6) is -0.161. The standard InChI is InChI=1S/C19H21N5O3/c25-17-8-11-24(19(27)21-17)16-6-2-1-5-14(16)18(26)23-10-3-4-13(12-23)15-7-9-20-22-15/h1-2,5-7,9,13H,3-4,8,10-12H2,(H,20,22)(H,21,25,27)/t13-/m1/s1. The van der Waals surface area contributed by atoms with Crippen LogP contribution in [0, 0.1) is 0 Å². The molecule has 2 saturated heterocycles. The van der Waals surface area contributed by atoms with Gasteiger partial charge in [-0.1, -0.05) is 12.1 Å². The van der Waals surface area contributed by atoms with Crippen LogP contribution in [0.5, 0.6) is 0 Å². The van der Waals surface area contributed by atoms with E-state index in [4.69, 9.17) is 0 Å². The number of aromatic amines is 1. The van der Waals surface area contributed by atoms with Gasteiger partial charge >= 0.3 is 6.03 Å². The van der Waals surface area contributed by atoms with Crippen LogP contribution in [-0.4, -0.2) is 52.6 Å². The summed E-state index contributed by atoms with van der Waals surface area (Å²) in [6.07, 6.45) is 3.86. The molecule has 1 aromatic carbocycles. The Kier molecular flexibility index (Phi) is 4.62. The number of hydrogen-bond acceptors (Lipinski definition) is 4. The molecule has 0 aliphatic carbocycles. The molecule has 27 heavy (non-hydrogen) atoms. The fourth-order valence-electron chi connectivity index (χ4n) is 3.76. The molecule has 0 unspecified atom stereocenters. The first-order valence-electron chi connectivity index (χ1n) is 9.12. The van der Waals surface area contributed by atoms with Crippen LogP contribution in [0.3, 0.4) is 0 Å². The molecule has 1 atom stereocenters. The van der Waals surface area contributed by atoms with Gasteiger partial charge in [-0.15, -0.1) is 0 Å². The van der Waals surface area contributed by atoms with Crippen molar-refractivity contribution in [3.05, 3.63) is 47.8 Å². The summed E-state index contributed by atoms with van der Waals surface area (Å²) in [5.41, 5.74) is 2.05. The number of para-hydroxylation sites is 1. The Hall–Kier alpha value is -3.16. The molecule has 0 saturated carbocycles. The Balaban J connectivity index is 1.57. The van der Waals surface area contributed by atoms with E-state index in [0.717, 1.165) is 18.5 Å². The SMILES string of the molecule is O=C1CCN(c2ccccc2C(=O)N2CCC[C@@H](c3ccn[nH]3)C2)C(=O)N1. The number of likely N-dealkylation sites (tertiary alicyclic amines) is 1. The van der Waals surface area contributed by atoms with Crippen molar-refractivity contribution in [1.29, 1.82) is 0 Å². The first-order valence-corrected chi connectivity index (χ1v) is 9.12. The van der Waals surface area contributed by atoms with Crippen LogP contribution in [0.1, 0.15) is 41.2 Å². The highest BCUT2D eigenvalue weighted by Crippen LogP contribution is 2.29. The second kappa shape index (κ2) is 7.22. The monoisotopic (exact) mass is 367 g/mol. The maximum atomic E-state index is 13.2. The largest absolute Gasteiger partial charge is 0.338 e. The molecule has 2 aliphatic heterocycles. The Morgan fingerprint density at radius 3 is 2.78 bits per heavy atom. The van der Waals surface area contributed by atoms with Crippen LogP contribution in [0.15, 0.2) is 36.5 Å². The van der Waals surface area contributed by atoms with Gasteiger partial charge in [0.1, 0.15) is 0 Å². The maximum Gasteiger partial charge on any atom is 0.328 e. The Morgan fingerprint density at radius 1 is 1.15 bits per heavy atom. The van der Waals surface area contributed by atoms with Crippen molar-refractivity contribution in [3.8, 4) is 0 Å². The summed E-state index contributed by atoms with van der Waals surface area (Å²) in [6.45, 7) is 1.56. The van der Waals surface area contributed by atoms with Crippen molar-refractivity contribution in [1.82, 2.24) is 20.4 Å². The van der Waals surface area contributed by atoms with E-state index in [9.17, 15) is 14.4 Å². The van der Waals surface area contributed by atoms with Gasteiger partial charge in [0.05, 0.1) is 11.3 Å². The van der Waals surface area contributed by atoms with Crippen LogP contribution >= 0.6 is 0 Å². The number of amides is 4. The highest BCUT2D eigenvalue weighted by molar-refractivity contribution is 6.09. The summed E-state index contributed by atoms with van der Waals surface area (Å²) in [6, 6.07) is 8.53. The Labute approximate surface area is 156 Å². The lowest BCUT2D eigenvalue weighted by Crippen LogP contribution is -2.50. The number of piperidine rings is 1. The summed E-state index contributed by atoms with van der Waals surface area (Å²) < 4.78 is 0. The third-order valence-electron chi connectivity index (χ3n) is 5.15. The Bertz CT molecular complexity index is 864. The number of hydrogen-bond donors (Lipinski definition) is 2. The minimum absolute atomic E-state index is 0.0977. The quantitative estimate of drug-likeness (QED) is 0.865. The van der Waals surface area contributed by atoms with Crippen LogP contribution in [0.2, 0.25) is 0 Å². The lowest BCUT2D eigenvalue weighted by atomic mass is 9.94. The molecule has 8 heteroatoms. The fraction of sp³-hybridized carbons (Fsp3) is 0.368. The maximum absolute atomic E-state index is 13.2. The second-order valence-electron chi connectivity index (χ2n) is 6.87. The minimum atomic E-state index is -0.486. The minimum Gasteiger partial charge on any atom is -0.338 e. The number of imide groups is 1. The summed E-state index contributed by atoms with van der Waals surface area (Å²) in [7, 11) is 0. The summed E-state index contributed by atoms with van der Waals surface area (Å²) in [4.78, 5) is 40.2. The normalized spacial score (nSPS) is 20.5. The van der Waals surface area contributed by atoms with E-state index in [1.807, 2.05) is 11.0 Å². The van der Waals surface area contributed by atoms with Gasteiger partial charge in [0, 0.05) is 43.9 Å². The number of urea groups is 1. The van der Waals surface area contributed by atoms with Gasteiger partial charge in [-0.3, -0.25) is 24.9 Å². The van der Waals surface area contributed by atoms with Crippen LogP contribution in [0.4, 0.5) is 10.5 Å². The zero-order valence-electron chi connectivity index (χ0n) is 14.9.